The van der Waals surface area contributed by atoms with Gasteiger partial charge in [0.05, 0.1) is 12.8 Å². The number of nitrogens with zero attached hydrogens (tertiary/aromatic N) is 1. The van der Waals surface area contributed by atoms with Gasteiger partial charge in [-0.25, -0.2) is 4.98 Å². The van der Waals surface area contributed by atoms with Crippen LogP contribution in [0.15, 0.2) is 24.3 Å². The lowest BCUT2D eigenvalue weighted by Gasteiger charge is -2.12. The van der Waals surface area contributed by atoms with Gasteiger partial charge in [0, 0.05) is 11.3 Å². The van der Waals surface area contributed by atoms with Crippen LogP contribution in [0, 0.1) is 12.8 Å². The van der Waals surface area contributed by atoms with Crippen LogP contribution in [0.25, 0.3) is 11.4 Å². The van der Waals surface area contributed by atoms with Crippen molar-refractivity contribution in [2.75, 3.05) is 7.11 Å². The summed E-state index contributed by atoms with van der Waals surface area (Å²) in [5.41, 5.74) is 2.57. The smallest absolute Gasteiger partial charge is 0.138 e. The molecule has 1 unspecified atom stereocenters. The third-order valence-corrected chi connectivity index (χ3v) is 3.18. The van der Waals surface area contributed by atoms with Gasteiger partial charge in [0.1, 0.15) is 17.7 Å². The van der Waals surface area contributed by atoms with E-state index in [1.165, 1.54) is 0 Å². The molecule has 0 aliphatic rings. The van der Waals surface area contributed by atoms with Crippen LogP contribution < -0.4 is 4.74 Å². The number of imidazole rings is 1. The van der Waals surface area contributed by atoms with Crippen LogP contribution >= 0.6 is 0 Å². The fourth-order valence-corrected chi connectivity index (χ4v) is 1.98. The highest BCUT2D eigenvalue weighted by molar-refractivity contribution is 5.58. The number of aromatic amines is 1. The van der Waals surface area contributed by atoms with E-state index in [4.69, 9.17) is 4.74 Å². The number of H-pyrrole nitrogens is 1. The number of aryl methyl sites for hydroxylation is 1. The number of aromatic nitrogens is 2. The number of hydrogen-bond acceptors (Lipinski definition) is 3. The molecule has 4 heteroatoms. The first-order valence-electron chi connectivity index (χ1n) is 6.42. The first-order chi connectivity index (χ1) is 9.02. The zero-order valence-electron chi connectivity index (χ0n) is 11.8. The second-order valence-electron chi connectivity index (χ2n) is 5.02. The molecule has 2 aromatic rings. The molecule has 0 aliphatic heterocycles. The van der Waals surface area contributed by atoms with Crippen LogP contribution in [0.2, 0.25) is 0 Å². The quantitative estimate of drug-likeness (QED) is 0.888. The molecule has 0 fully saturated rings. The summed E-state index contributed by atoms with van der Waals surface area (Å²) in [6, 6.07) is 7.70. The molecule has 19 heavy (non-hydrogen) atoms. The van der Waals surface area contributed by atoms with Gasteiger partial charge in [-0.3, -0.25) is 0 Å². The van der Waals surface area contributed by atoms with Crippen LogP contribution in [0.4, 0.5) is 0 Å². The molecule has 1 atom stereocenters. The standard InChI is InChI=1S/C15H20N2O2/c1-9(2)14(18)13-10(3)16-15(17-13)11-6-5-7-12(8-11)19-4/h5-9,14,18H,1-4H3,(H,16,17). The normalized spacial score (nSPS) is 12.7. The number of ether oxygens (including phenoxy) is 1. The fraction of sp³-hybridized carbons (Fsp3) is 0.400. The van der Waals surface area contributed by atoms with E-state index in [1.807, 2.05) is 45.0 Å². The largest absolute Gasteiger partial charge is 0.497 e. The molecule has 2 N–H and O–H groups in total. The van der Waals surface area contributed by atoms with E-state index in [-0.39, 0.29) is 5.92 Å². The van der Waals surface area contributed by atoms with E-state index in [1.54, 1.807) is 7.11 Å². The van der Waals surface area contributed by atoms with Gasteiger partial charge in [-0.2, -0.15) is 0 Å². The minimum atomic E-state index is -0.546. The third-order valence-electron chi connectivity index (χ3n) is 3.18. The van der Waals surface area contributed by atoms with Gasteiger partial charge in [-0.05, 0) is 25.0 Å². The Morgan fingerprint density at radius 3 is 2.68 bits per heavy atom. The van der Waals surface area contributed by atoms with Gasteiger partial charge in [0.2, 0.25) is 0 Å². The lowest BCUT2D eigenvalue weighted by Crippen LogP contribution is -2.07. The van der Waals surface area contributed by atoms with Crippen molar-refractivity contribution in [2.45, 2.75) is 26.9 Å². The van der Waals surface area contributed by atoms with Crippen molar-refractivity contribution in [1.29, 1.82) is 0 Å². The minimum absolute atomic E-state index is 0.139. The first-order valence-corrected chi connectivity index (χ1v) is 6.42. The highest BCUT2D eigenvalue weighted by Crippen LogP contribution is 2.27. The number of aliphatic hydroxyl groups is 1. The summed E-state index contributed by atoms with van der Waals surface area (Å²) in [6.45, 7) is 5.88. The van der Waals surface area contributed by atoms with Crippen molar-refractivity contribution in [1.82, 2.24) is 9.97 Å². The van der Waals surface area contributed by atoms with Crippen molar-refractivity contribution < 1.29 is 9.84 Å². The molecular weight excluding hydrogens is 240 g/mol. The highest BCUT2D eigenvalue weighted by Gasteiger charge is 2.19. The van der Waals surface area contributed by atoms with E-state index >= 15 is 0 Å². The Balaban J connectivity index is 2.38. The Kier molecular flexibility index (Phi) is 3.90. The van der Waals surface area contributed by atoms with Crippen LogP contribution in [-0.4, -0.2) is 22.2 Å². The maximum absolute atomic E-state index is 10.1. The lowest BCUT2D eigenvalue weighted by atomic mass is 10.0. The van der Waals surface area contributed by atoms with Gasteiger partial charge in [-0.1, -0.05) is 26.0 Å². The zero-order chi connectivity index (χ0) is 14.0. The molecule has 0 radical (unpaired) electrons. The van der Waals surface area contributed by atoms with Gasteiger partial charge in [-0.15, -0.1) is 0 Å². The Bertz CT molecular complexity index is 561. The summed E-state index contributed by atoms with van der Waals surface area (Å²) < 4.78 is 5.21. The SMILES string of the molecule is COc1cccc(-c2nc(C(O)C(C)C)c(C)[nH]2)c1. The van der Waals surface area contributed by atoms with Crippen molar-refractivity contribution in [3.63, 3.8) is 0 Å². The first kappa shape index (κ1) is 13.6. The molecule has 1 heterocycles. The topological polar surface area (TPSA) is 58.1 Å². The minimum Gasteiger partial charge on any atom is -0.497 e. The summed E-state index contributed by atoms with van der Waals surface area (Å²) in [4.78, 5) is 7.74. The van der Waals surface area contributed by atoms with E-state index in [0.29, 0.717) is 5.69 Å². The average Bonchev–Trinajstić information content (AvgIpc) is 2.80. The molecule has 4 nitrogen and oxygen atoms in total. The maximum atomic E-state index is 10.1. The zero-order valence-corrected chi connectivity index (χ0v) is 11.8. The Morgan fingerprint density at radius 1 is 1.32 bits per heavy atom. The number of hydrogen-bond donors (Lipinski definition) is 2. The van der Waals surface area contributed by atoms with Crippen LogP contribution in [-0.2, 0) is 0 Å². The number of rotatable bonds is 4. The maximum Gasteiger partial charge on any atom is 0.138 e. The summed E-state index contributed by atoms with van der Waals surface area (Å²) in [5, 5.41) is 10.1. The van der Waals surface area contributed by atoms with Crippen molar-refractivity contribution in [2.24, 2.45) is 5.92 Å². The van der Waals surface area contributed by atoms with Gasteiger partial charge in [0.15, 0.2) is 0 Å². The molecule has 1 aromatic heterocycles. The van der Waals surface area contributed by atoms with Crippen LogP contribution in [0.3, 0.4) is 0 Å². The van der Waals surface area contributed by atoms with E-state index in [0.717, 1.165) is 22.8 Å². The van der Waals surface area contributed by atoms with Crippen molar-refractivity contribution >= 4 is 0 Å². The highest BCUT2D eigenvalue weighted by atomic mass is 16.5. The number of methoxy groups -OCH3 is 1. The summed E-state index contributed by atoms with van der Waals surface area (Å²) in [7, 11) is 1.64. The molecule has 0 saturated heterocycles. The van der Waals surface area contributed by atoms with Crippen molar-refractivity contribution in [3.8, 4) is 17.1 Å². The van der Waals surface area contributed by atoms with E-state index in [9.17, 15) is 5.11 Å². The van der Waals surface area contributed by atoms with Gasteiger partial charge >= 0.3 is 0 Å². The molecule has 0 spiro atoms. The summed E-state index contributed by atoms with van der Waals surface area (Å²) in [6.07, 6.45) is -0.546. The van der Waals surface area contributed by atoms with Gasteiger partial charge in [0.25, 0.3) is 0 Å². The molecule has 0 saturated carbocycles. The Hall–Kier alpha value is -1.81. The molecule has 1 aromatic carbocycles. The Labute approximate surface area is 113 Å². The van der Waals surface area contributed by atoms with Gasteiger partial charge < -0.3 is 14.8 Å². The number of nitrogens with one attached hydrogen (secondary N) is 1. The molecule has 102 valence electrons. The van der Waals surface area contributed by atoms with E-state index in [2.05, 4.69) is 9.97 Å². The molecule has 2 rings (SSSR count). The number of benzene rings is 1. The molecular formula is C15H20N2O2. The second-order valence-corrected chi connectivity index (χ2v) is 5.02. The summed E-state index contributed by atoms with van der Waals surface area (Å²) in [5.74, 6) is 1.68. The van der Waals surface area contributed by atoms with Crippen LogP contribution in [0.5, 0.6) is 5.75 Å². The predicted molar refractivity (Wildman–Crippen MR) is 75.1 cm³/mol. The molecule has 0 aliphatic carbocycles. The Morgan fingerprint density at radius 2 is 2.05 bits per heavy atom. The lowest BCUT2D eigenvalue weighted by molar-refractivity contribution is 0.122. The predicted octanol–water partition coefficient (Wildman–Crippen LogP) is 3.08. The summed E-state index contributed by atoms with van der Waals surface area (Å²) >= 11 is 0. The number of aliphatic hydroxyl groups excluding tert-OH is 1. The van der Waals surface area contributed by atoms with Crippen molar-refractivity contribution in [3.05, 3.63) is 35.7 Å². The fourth-order valence-electron chi connectivity index (χ4n) is 1.98. The van der Waals surface area contributed by atoms with E-state index < -0.39 is 6.10 Å². The monoisotopic (exact) mass is 260 g/mol. The molecule has 0 amide bonds. The molecule has 0 bridgehead atoms. The average molecular weight is 260 g/mol. The third kappa shape index (κ3) is 2.79. The van der Waals surface area contributed by atoms with Crippen LogP contribution in [0.1, 0.15) is 31.3 Å². The second kappa shape index (κ2) is 5.45.